The first-order valence-corrected chi connectivity index (χ1v) is 10.1. The summed E-state index contributed by atoms with van der Waals surface area (Å²) in [7, 11) is -2.07. The number of ether oxygens (including phenoxy) is 1. The summed E-state index contributed by atoms with van der Waals surface area (Å²) in [6, 6.07) is 10.1. The number of hydrogen-bond acceptors (Lipinski definition) is 4. The number of hydrogen-bond donors (Lipinski definition) is 1. The van der Waals surface area contributed by atoms with Gasteiger partial charge in [0.05, 0.1) is 17.3 Å². The summed E-state index contributed by atoms with van der Waals surface area (Å²) >= 11 is 0. The molecule has 146 valence electrons. The first-order valence-electron chi connectivity index (χ1n) is 8.43. The molecule has 0 unspecified atom stereocenters. The Hall–Kier alpha value is -2.25. The van der Waals surface area contributed by atoms with Crippen molar-refractivity contribution in [1.29, 1.82) is 0 Å². The van der Waals surface area contributed by atoms with Gasteiger partial charge in [-0.3, -0.25) is 4.79 Å². The lowest BCUT2D eigenvalue weighted by molar-refractivity contribution is 0.102. The lowest BCUT2D eigenvalue weighted by atomic mass is 9.98. The number of aryl methyl sites for hydroxylation is 1. The van der Waals surface area contributed by atoms with Crippen molar-refractivity contribution < 1.29 is 22.3 Å². The minimum Gasteiger partial charge on any atom is -0.384 e. The van der Waals surface area contributed by atoms with Gasteiger partial charge in [-0.05, 0) is 48.9 Å². The molecule has 0 bridgehead atoms. The van der Waals surface area contributed by atoms with Gasteiger partial charge in [0, 0.05) is 23.8 Å². The van der Waals surface area contributed by atoms with Gasteiger partial charge in [0.1, 0.15) is 5.82 Å². The smallest absolute Gasteiger partial charge is 0.255 e. The predicted molar refractivity (Wildman–Crippen MR) is 103 cm³/mol. The van der Waals surface area contributed by atoms with E-state index in [1.165, 1.54) is 49.6 Å². The zero-order valence-corrected chi connectivity index (χ0v) is 16.7. The lowest BCUT2D eigenvalue weighted by Crippen LogP contribution is -2.28. The largest absolute Gasteiger partial charge is 0.384 e. The third kappa shape index (κ3) is 5.61. The molecule has 0 heterocycles. The van der Waals surface area contributed by atoms with Gasteiger partial charge in [-0.2, -0.15) is 0 Å². The van der Waals surface area contributed by atoms with Crippen LogP contribution in [0.3, 0.4) is 0 Å². The minimum absolute atomic E-state index is 0.0783. The number of sulfone groups is 1. The lowest BCUT2D eigenvalue weighted by Gasteiger charge is -2.23. The standard InChI is InChI=1S/C20H24FNO4S/c1-14-10-16(8-9-18(14)21)22-19(23)15-6-5-7-17(11-15)27(24,25)13-20(2,3)12-26-4/h5-11H,12-13H2,1-4H3,(H,22,23). The van der Waals surface area contributed by atoms with Crippen molar-refractivity contribution in [2.45, 2.75) is 25.7 Å². The van der Waals surface area contributed by atoms with E-state index in [0.29, 0.717) is 17.9 Å². The second-order valence-corrected chi connectivity index (χ2v) is 9.29. The Morgan fingerprint density at radius 1 is 1.19 bits per heavy atom. The van der Waals surface area contributed by atoms with Crippen LogP contribution in [0.4, 0.5) is 10.1 Å². The van der Waals surface area contributed by atoms with Gasteiger partial charge in [-0.25, -0.2) is 12.8 Å². The van der Waals surface area contributed by atoms with Crippen LogP contribution in [-0.4, -0.2) is 33.8 Å². The van der Waals surface area contributed by atoms with Gasteiger partial charge >= 0.3 is 0 Å². The number of anilines is 1. The third-order valence-electron chi connectivity index (χ3n) is 3.99. The second-order valence-electron chi connectivity index (χ2n) is 7.30. The third-order valence-corrected chi connectivity index (χ3v) is 6.12. The van der Waals surface area contributed by atoms with E-state index in [0.717, 1.165) is 0 Å². The van der Waals surface area contributed by atoms with Crippen LogP contribution in [-0.2, 0) is 14.6 Å². The molecule has 5 nitrogen and oxygen atoms in total. The molecule has 2 aromatic carbocycles. The van der Waals surface area contributed by atoms with Gasteiger partial charge in [0.15, 0.2) is 9.84 Å². The number of methoxy groups -OCH3 is 1. The topological polar surface area (TPSA) is 72.5 Å². The summed E-state index contributed by atoms with van der Waals surface area (Å²) in [6.45, 7) is 5.51. The fourth-order valence-corrected chi connectivity index (χ4v) is 4.66. The van der Waals surface area contributed by atoms with Crippen LogP contribution in [0.15, 0.2) is 47.4 Å². The summed E-state index contributed by atoms with van der Waals surface area (Å²) in [6.07, 6.45) is 0. The van der Waals surface area contributed by atoms with Gasteiger partial charge in [-0.1, -0.05) is 19.9 Å². The number of amides is 1. The number of rotatable bonds is 7. The SMILES string of the molecule is COCC(C)(C)CS(=O)(=O)c1cccc(C(=O)Nc2ccc(F)c(C)c2)c1. The molecule has 0 saturated heterocycles. The van der Waals surface area contributed by atoms with Gasteiger partial charge in [-0.15, -0.1) is 0 Å². The van der Waals surface area contributed by atoms with E-state index in [2.05, 4.69) is 5.32 Å². The van der Waals surface area contributed by atoms with Crippen molar-refractivity contribution in [3.05, 3.63) is 59.4 Å². The van der Waals surface area contributed by atoms with Crippen LogP contribution < -0.4 is 5.32 Å². The van der Waals surface area contributed by atoms with Gasteiger partial charge in [0.2, 0.25) is 0 Å². The van der Waals surface area contributed by atoms with E-state index < -0.39 is 21.2 Å². The van der Waals surface area contributed by atoms with Crippen molar-refractivity contribution in [1.82, 2.24) is 0 Å². The van der Waals surface area contributed by atoms with E-state index in [4.69, 9.17) is 4.74 Å². The monoisotopic (exact) mass is 393 g/mol. The van der Waals surface area contributed by atoms with Gasteiger partial charge in [0.25, 0.3) is 5.91 Å². The van der Waals surface area contributed by atoms with Crippen molar-refractivity contribution in [2.24, 2.45) is 5.41 Å². The Morgan fingerprint density at radius 2 is 1.89 bits per heavy atom. The molecule has 0 saturated carbocycles. The van der Waals surface area contributed by atoms with Crippen LogP contribution in [0, 0.1) is 18.2 Å². The number of halogens is 1. The molecule has 0 aliphatic rings. The second kappa shape index (κ2) is 8.19. The quantitative estimate of drug-likeness (QED) is 0.776. The highest BCUT2D eigenvalue weighted by Gasteiger charge is 2.28. The molecule has 2 rings (SSSR count). The molecule has 2 aromatic rings. The average Bonchev–Trinajstić information content (AvgIpc) is 2.57. The molecular formula is C20H24FNO4S. The summed E-state index contributed by atoms with van der Waals surface area (Å²) in [5.41, 5.74) is 0.498. The first-order chi connectivity index (χ1) is 12.5. The van der Waals surface area contributed by atoms with Crippen molar-refractivity contribution in [3.63, 3.8) is 0 Å². The molecular weight excluding hydrogens is 369 g/mol. The Bertz CT molecular complexity index is 939. The normalized spacial score (nSPS) is 12.0. The number of benzene rings is 2. The molecule has 0 aliphatic heterocycles. The minimum atomic E-state index is -3.59. The molecule has 0 aliphatic carbocycles. The molecule has 1 N–H and O–H groups in total. The maximum absolute atomic E-state index is 13.3. The number of nitrogens with one attached hydrogen (secondary N) is 1. The van der Waals surface area contributed by atoms with Crippen LogP contribution in [0.5, 0.6) is 0 Å². The van der Waals surface area contributed by atoms with Crippen molar-refractivity contribution >= 4 is 21.4 Å². The van der Waals surface area contributed by atoms with Gasteiger partial charge < -0.3 is 10.1 Å². The fourth-order valence-electron chi connectivity index (χ4n) is 2.79. The van der Waals surface area contributed by atoms with Crippen LogP contribution in [0.1, 0.15) is 29.8 Å². The highest BCUT2D eigenvalue weighted by Crippen LogP contribution is 2.24. The molecule has 0 aromatic heterocycles. The Kier molecular flexibility index (Phi) is 6.38. The molecule has 0 fully saturated rings. The van der Waals surface area contributed by atoms with Crippen molar-refractivity contribution in [3.8, 4) is 0 Å². The van der Waals surface area contributed by atoms with Crippen molar-refractivity contribution in [2.75, 3.05) is 24.8 Å². The van der Waals surface area contributed by atoms with E-state index in [1.807, 2.05) is 13.8 Å². The molecule has 27 heavy (non-hydrogen) atoms. The Labute approximate surface area is 159 Å². The molecule has 0 radical (unpaired) electrons. The van der Waals surface area contributed by atoms with Crippen LogP contribution in [0.25, 0.3) is 0 Å². The highest BCUT2D eigenvalue weighted by molar-refractivity contribution is 7.91. The maximum Gasteiger partial charge on any atom is 0.255 e. The summed E-state index contributed by atoms with van der Waals surface area (Å²) < 4.78 is 43.8. The first kappa shape index (κ1) is 21.1. The zero-order valence-electron chi connectivity index (χ0n) is 15.9. The fraction of sp³-hybridized carbons (Fsp3) is 0.350. The molecule has 0 spiro atoms. The molecule has 7 heteroatoms. The highest BCUT2D eigenvalue weighted by atomic mass is 32.2. The summed E-state index contributed by atoms with van der Waals surface area (Å²) in [5, 5.41) is 2.65. The summed E-state index contributed by atoms with van der Waals surface area (Å²) in [5.74, 6) is -0.926. The molecule has 0 atom stereocenters. The maximum atomic E-state index is 13.3. The van der Waals surface area contributed by atoms with Crippen LogP contribution >= 0.6 is 0 Å². The zero-order chi connectivity index (χ0) is 20.2. The van der Waals surface area contributed by atoms with E-state index in [9.17, 15) is 17.6 Å². The van der Waals surface area contributed by atoms with E-state index >= 15 is 0 Å². The van der Waals surface area contributed by atoms with E-state index in [-0.39, 0.29) is 22.0 Å². The van der Waals surface area contributed by atoms with E-state index in [1.54, 1.807) is 6.92 Å². The Morgan fingerprint density at radius 3 is 2.52 bits per heavy atom. The predicted octanol–water partition coefficient (Wildman–Crippen LogP) is 3.83. The van der Waals surface area contributed by atoms with Crippen LogP contribution in [0.2, 0.25) is 0 Å². The number of carbonyl (C=O) groups excluding carboxylic acids is 1. The summed E-state index contributed by atoms with van der Waals surface area (Å²) in [4.78, 5) is 12.5. The number of carbonyl (C=O) groups is 1. The Balaban J connectivity index is 2.23. The average molecular weight is 393 g/mol. The molecule has 1 amide bonds.